The fourth-order valence-electron chi connectivity index (χ4n) is 9.08. The molecule has 1 aromatic carbocycles. The summed E-state index contributed by atoms with van der Waals surface area (Å²) in [4.78, 5) is 12.9. The number of aliphatic hydroxyl groups is 1. The summed E-state index contributed by atoms with van der Waals surface area (Å²) < 4.78 is 6.11. The van der Waals surface area contributed by atoms with Gasteiger partial charge in [-0.25, -0.2) is 0 Å². The van der Waals surface area contributed by atoms with E-state index in [0.29, 0.717) is 48.0 Å². The van der Waals surface area contributed by atoms with Crippen molar-refractivity contribution in [3.8, 4) is 0 Å². The maximum atomic E-state index is 12.9. The van der Waals surface area contributed by atoms with Crippen molar-refractivity contribution in [2.45, 2.75) is 97.9 Å². The number of rotatable bonds is 5. The van der Waals surface area contributed by atoms with Gasteiger partial charge < -0.3 is 9.84 Å². The van der Waals surface area contributed by atoms with Crippen LogP contribution in [0.2, 0.25) is 5.02 Å². The average Bonchev–Trinajstić information content (AvgIpc) is 3.13. The summed E-state index contributed by atoms with van der Waals surface area (Å²) in [5.41, 5.74) is 2.56. The Morgan fingerprint density at radius 1 is 1.09 bits per heavy atom. The van der Waals surface area contributed by atoms with Gasteiger partial charge in [-0.1, -0.05) is 56.2 Å². The van der Waals surface area contributed by atoms with Crippen LogP contribution in [-0.2, 0) is 16.1 Å². The molecule has 0 aliphatic heterocycles. The van der Waals surface area contributed by atoms with Crippen LogP contribution in [0.1, 0.15) is 91.0 Å². The maximum Gasteiger partial charge on any atom is 0.169 e. The first-order chi connectivity index (χ1) is 16.1. The molecule has 0 saturated heterocycles. The van der Waals surface area contributed by atoms with Crippen LogP contribution in [0.25, 0.3) is 0 Å². The van der Waals surface area contributed by atoms with Crippen LogP contribution in [0.5, 0.6) is 0 Å². The van der Waals surface area contributed by atoms with E-state index in [1.165, 1.54) is 18.4 Å². The lowest BCUT2D eigenvalue weighted by Gasteiger charge is -2.60. The topological polar surface area (TPSA) is 46.5 Å². The number of halogens is 1. The molecule has 4 aliphatic rings. The summed E-state index contributed by atoms with van der Waals surface area (Å²) in [6.07, 6.45) is 11.4. The number of fused-ring (bicyclic) bond motifs is 5. The highest BCUT2D eigenvalue weighted by atomic mass is 35.5. The van der Waals surface area contributed by atoms with E-state index < -0.39 is 5.79 Å². The van der Waals surface area contributed by atoms with Crippen LogP contribution in [-0.4, -0.2) is 16.7 Å². The van der Waals surface area contributed by atoms with Gasteiger partial charge >= 0.3 is 0 Å². The molecule has 3 unspecified atom stereocenters. The van der Waals surface area contributed by atoms with Crippen LogP contribution in [0.15, 0.2) is 35.9 Å². The Balaban J connectivity index is 1.35. The highest BCUT2D eigenvalue weighted by molar-refractivity contribution is 6.30. The van der Waals surface area contributed by atoms with Crippen LogP contribution in [0, 0.1) is 34.0 Å². The second kappa shape index (κ2) is 8.46. The van der Waals surface area contributed by atoms with E-state index in [4.69, 9.17) is 16.3 Å². The van der Waals surface area contributed by atoms with Crippen molar-refractivity contribution in [3.63, 3.8) is 0 Å². The third-order valence-electron chi connectivity index (χ3n) is 11.2. The summed E-state index contributed by atoms with van der Waals surface area (Å²) in [5.74, 6) is 1.25. The van der Waals surface area contributed by atoms with Crippen molar-refractivity contribution >= 4 is 17.4 Å². The van der Waals surface area contributed by atoms with E-state index in [1.807, 2.05) is 31.2 Å². The van der Waals surface area contributed by atoms with Crippen molar-refractivity contribution in [2.24, 2.45) is 34.0 Å². The summed E-state index contributed by atoms with van der Waals surface area (Å²) in [5, 5.41) is 12.1. The monoisotopic (exact) mass is 484 g/mol. The first-order valence-corrected chi connectivity index (χ1v) is 13.8. The van der Waals surface area contributed by atoms with Crippen molar-refractivity contribution in [1.82, 2.24) is 0 Å². The normalized spacial score (nSPS) is 43.5. The van der Waals surface area contributed by atoms with Gasteiger partial charge in [0.25, 0.3) is 0 Å². The lowest BCUT2D eigenvalue weighted by atomic mass is 9.45. The Kier molecular flexibility index (Phi) is 6.10. The molecular formula is C30H41ClO3. The van der Waals surface area contributed by atoms with Crippen molar-refractivity contribution < 1.29 is 14.6 Å². The Morgan fingerprint density at radius 2 is 1.79 bits per heavy atom. The number of ether oxygens (including phenoxy) is 1. The molecule has 1 aromatic rings. The van der Waals surface area contributed by atoms with Crippen molar-refractivity contribution in [2.75, 3.05) is 0 Å². The van der Waals surface area contributed by atoms with E-state index >= 15 is 0 Å². The third-order valence-corrected chi connectivity index (χ3v) is 11.4. The second-order valence-electron chi connectivity index (χ2n) is 12.3. The van der Waals surface area contributed by atoms with Crippen LogP contribution >= 0.6 is 11.6 Å². The molecule has 34 heavy (non-hydrogen) atoms. The van der Waals surface area contributed by atoms with E-state index in [-0.39, 0.29) is 16.2 Å². The highest BCUT2D eigenvalue weighted by Gasteiger charge is 2.65. The van der Waals surface area contributed by atoms with Gasteiger partial charge in [-0.15, -0.1) is 0 Å². The Hall–Kier alpha value is -1.16. The minimum Gasteiger partial charge on any atom is -0.365 e. The largest absolute Gasteiger partial charge is 0.365 e. The van der Waals surface area contributed by atoms with Gasteiger partial charge in [-0.3, -0.25) is 4.79 Å². The molecule has 0 bridgehead atoms. The van der Waals surface area contributed by atoms with Gasteiger partial charge in [0.1, 0.15) is 5.78 Å². The van der Waals surface area contributed by atoms with E-state index in [9.17, 15) is 9.90 Å². The van der Waals surface area contributed by atoms with Gasteiger partial charge in [0.15, 0.2) is 5.79 Å². The lowest BCUT2D eigenvalue weighted by molar-refractivity contribution is -0.231. The van der Waals surface area contributed by atoms with E-state index in [0.717, 1.165) is 37.7 Å². The van der Waals surface area contributed by atoms with Gasteiger partial charge in [-0.05, 0) is 98.1 Å². The average molecular weight is 485 g/mol. The number of Topliss-reactive ketones (excluding diaryl/α,β-unsaturated/α-hetero) is 1. The molecule has 3 saturated carbocycles. The Labute approximate surface area is 210 Å². The van der Waals surface area contributed by atoms with Crippen LogP contribution in [0.4, 0.5) is 0 Å². The van der Waals surface area contributed by atoms with Crippen molar-refractivity contribution in [3.05, 3.63) is 46.5 Å². The Bertz CT molecular complexity index is 985. The molecule has 0 amide bonds. The third kappa shape index (κ3) is 3.56. The van der Waals surface area contributed by atoms with E-state index in [2.05, 4.69) is 26.8 Å². The number of carbonyl (C=O) groups excluding carboxylic acids is 1. The summed E-state index contributed by atoms with van der Waals surface area (Å²) in [7, 11) is 0. The predicted molar refractivity (Wildman–Crippen MR) is 136 cm³/mol. The molecule has 4 aliphatic carbocycles. The van der Waals surface area contributed by atoms with Gasteiger partial charge in [0, 0.05) is 23.3 Å². The summed E-state index contributed by atoms with van der Waals surface area (Å²) in [6, 6.07) is 7.65. The molecule has 3 nitrogen and oxygen atoms in total. The molecule has 0 radical (unpaired) electrons. The molecule has 5 rings (SSSR count). The number of allylic oxidation sites excluding steroid dienone is 1. The molecular weight excluding hydrogens is 444 g/mol. The molecule has 0 aromatic heterocycles. The fourth-order valence-corrected chi connectivity index (χ4v) is 9.21. The van der Waals surface area contributed by atoms with Gasteiger partial charge in [0.05, 0.1) is 6.61 Å². The molecule has 186 valence electrons. The Morgan fingerprint density at radius 3 is 2.47 bits per heavy atom. The zero-order valence-corrected chi connectivity index (χ0v) is 22.1. The summed E-state index contributed by atoms with van der Waals surface area (Å²) in [6.45, 7) is 9.36. The molecule has 0 spiro atoms. The maximum absolute atomic E-state index is 12.9. The highest BCUT2D eigenvalue weighted by Crippen LogP contribution is 2.70. The second-order valence-corrected chi connectivity index (χ2v) is 12.7. The van der Waals surface area contributed by atoms with Crippen molar-refractivity contribution in [1.29, 1.82) is 0 Å². The van der Waals surface area contributed by atoms with Gasteiger partial charge in [0.2, 0.25) is 0 Å². The number of benzene rings is 1. The van der Waals surface area contributed by atoms with Crippen LogP contribution in [0.3, 0.4) is 0 Å². The smallest absolute Gasteiger partial charge is 0.169 e. The molecule has 7 atom stereocenters. The predicted octanol–water partition coefficient (Wildman–Crippen LogP) is 7.49. The molecule has 0 heterocycles. The number of ketones is 1. The zero-order valence-electron chi connectivity index (χ0n) is 21.3. The summed E-state index contributed by atoms with van der Waals surface area (Å²) >= 11 is 6.00. The zero-order chi connectivity index (χ0) is 24.4. The first kappa shape index (κ1) is 24.5. The number of hydrogen-bond acceptors (Lipinski definition) is 3. The minimum atomic E-state index is -1.10. The molecule has 4 heteroatoms. The molecule has 1 N–H and O–H groups in total. The fraction of sp³-hybridized carbons (Fsp3) is 0.700. The first-order valence-electron chi connectivity index (χ1n) is 13.4. The van der Waals surface area contributed by atoms with Gasteiger partial charge in [-0.2, -0.15) is 0 Å². The number of carbonyl (C=O) groups is 1. The lowest BCUT2D eigenvalue weighted by Crippen LogP contribution is -2.55. The minimum absolute atomic E-state index is 0.129. The van der Waals surface area contributed by atoms with Crippen LogP contribution < -0.4 is 0 Å². The quantitative estimate of drug-likeness (QED) is 0.347. The van der Waals surface area contributed by atoms with E-state index in [1.54, 1.807) is 0 Å². The number of hydrogen-bond donors (Lipinski definition) is 1. The SMILES string of the molecule is CC[C@]1(C(C)=O)CCC2C3CC=C4C[C@@](O)(OCc5ccc(Cl)cc5)CC[C@]4(C)C3CC[C@@]21C. The standard InChI is InChI=1S/C30H41ClO3/c1-5-29(20(2)32)15-13-26-24-11-8-22-18-30(33,34-19-21-6-9-23(31)10-7-21)17-16-27(22,3)25(24)12-14-28(26,29)4/h6-10,24-26,33H,5,11-19H2,1-4H3/t24?,25?,26?,27-,28-,29+,30-/m0/s1. The molecule has 3 fully saturated rings.